The number of halogens is 3. The largest absolute Gasteiger partial charge is 0.433 e. The molecule has 1 aliphatic rings. The van der Waals surface area contributed by atoms with E-state index < -0.39 is 21.9 Å². The summed E-state index contributed by atoms with van der Waals surface area (Å²) in [6.45, 7) is 4.22. The molecule has 0 atom stereocenters. The van der Waals surface area contributed by atoms with Crippen LogP contribution < -0.4 is 5.14 Å². The molecule has 2 N–H and O–H groups in total. The number of aromatic nitrogens is 1. The predicted molar refractivity (Wildman–Crippen MR) is 106 cm³/mol. The van der Waals surface area contributed by atoms with Crippen molar-refractivity contribution in [3.05, 3.63) is 59.4 Å². The second kappa shape index (κ2) is 7.57. The number of alkyl halides is 3. The lowest BCUT2D eigenvalue weighted by atomic mass is 9.78. The minimum absolute atomic E-state index is 0.0198. The average Bonchev–Trinajstić information content (AvgIpc) is 3.07. The van der Waals surface area contributed by atoms with Crippen molar-refractivity contribution in [3.63, 3.8) is 0 Å². The molecule has 29 heavy (non-hydrogen) atoms. The smallest absolute Gasteiger partial charge is 0.251 e. The molecule has 8 heteroatoms. The Bertz CT molecular complexity index is 1020. The topological polar surface area (TPSA) is 73.1 Å². The summed E-state index contributed by atoms with van der Waals surface area (Å²) in [5.74, 6) is 0. The van der Waals surface area contributed by atoms with Gasteiger partial charge in [-0.3, -0.25) is 4.98 Å². The molecule has 1 aromatic heterocycles. The van der Waals surface area contributed by atoms with Crippen LogP contribution >= 0.6 is 0 Å². The molecule has 0 fully saturated rings. The van der Waals surface area contributed by atoms with Crippen molar-refractivity contribution >= 4 is 21.2 Å². The fraction of sp³-hybridized carbons (Fsp3) is 0.381. The zero-order chi connectivity index (χ0) is 21.4. The number of pyridine rings is 1. The monoisotopic (exact) mass is 424 g/mol. The van der Waals surface area contributed by atoms with E-state index in [4.69, 9.17) is 5.14 Å². The molecule has 4 nitrogen and oxygen atoms in total. The van der Waals surface area contributed by atoms with Crippen molar-refractivity contribution in [2.75, 3.05) is 0 Å². The van der Waals surface area contributed by atoms with Gasteiger partial charge in [-0.2, -0.15) is 13.2 Å². The summed E-state index contributed by atoms with van der Waals surface area (Å²) in [5.41, 5.74) is 2.57. The fourth-order valence-electron chi connectivity index (χ4n) is 3.91. The van der Waals surface area contributed by atoms with Crippen molar-refractivity contribution < 1.29 is 21.6 Å². The van der Waals surface area contributed by atoms with Gasteiger partial charge in [0.2, 0.25) is 10.0 Å². The number of hydrogen-bond acceptors (Lipinski definition) is 3. The molecule has 0 spiro atoms. The zero-order valence-corrected chi connectivity index (χ0v) is 17.1. The Morgan fingerprint density at radius 1 is 0.966 bits per heavy atom. The van der Waals surface area contributed by atoms with Crippen molar-refractivity contribution in [3.8, 4) is 0 Å². The van der Waals surface area contributed by atoms with E-state index in [2.05, 4.69) is 18.8 Å². The number of sulfonamides is 1. The van der Waals surface area contributed by atoms with Gasteiger partial charge in [-0.1, -0.05) is 32.0 Å². The van der Waals surface area contributed by atoms with Gasteiger partial charge >= 0.3 is 6.18 Å². The van der Waals surface area contributed by atoms with Gasteiger partial charge in [0.25, 0.3) is 0 Å². The van der Waals surface area contributed by atoms with E-state index in [-0.39, 0.29) is 10.3 Å². The Morgan fingerprint density at radius 3 is 1.90 bits per heavy atom. The maximum absolute atomic E-state index is 12.9. The first-order valence-corrected chi connectivity index (χ1v) is 10.9. The number of benzene rings is 1. The molecule has 0 bridgehead atoms. The predicted octanol–water partition coefficient (Wildman–Crippen LogP) is 5.26. The summed E-state index contributed by atoms with van der Waals surface area (Å²) in [7, 11) is -3.79. The van der Waals surface area contributed by atoms with Gasteiger partial charge in [0.15, 0.2) is 0 Å². The zero-order valence-electron chi connectivity index (χ0n) is 16.3. The van der Waals surface area contributed by atoms with Crippen molar-refractivity contribution in [1.29, 1.82) is 0 Å². The highest BCUT2D eigenvalue weighted by Gasteiger charge is 2.37. The molecular weight excluding hydrogens is 401 g/mol. The molecule has 2 aromatic rings. The van der Waals surface area contributed by atoms with Crippen molar-refractivity contribution in [2.24, 2.45) is 10.6 Å². The fourth-order valence-corrected chi connectivity index (χ4v) is 4.43. The van der Waals surface area contributed by atoms with Gasteiger partial charge in [0, 0.05) is 6.20 Å². The van der Waals surface area contributed by atoms with Gasteiger partial charge < -0.3 is 0 Å². The highest BCUT2D eigenvalue weighted by Crippen LogP contribution is 2.53. The molecule has 0 amide bonds. The molecule has 1 aromatic carbocycles. The third kappa shape index (κ3) is 4.38. The molecule has 156 valence electrons. The summed E-state index contributed by atoms with van der Waals surface area (Å²) < 4.78 is 61.7. The number of rotatable bonds is 5. The molecule has 0 radical (unpaired) electrons. The summed E-state index contributed by atoms with van der Waals surface area (Å²) in [6.07, 6.45) is 0.161. The van der Waals surface area contributed by atoms with Crippen LogP contribution in [0.15, 0.2) is 47.5 Å². The van der Waals surface area contributed by atoms with Crippen LogP contribution in [0, 0.1) is 5.41 Å². The minimum atomic E-state index is -4.48. The van der Waals surface area contributed by atoms with E-state index in [1.54, 1.807) is 12.1 Å². The van der Waals surface area contributed by atoms with Crippen molar-refractivity contribution in [2.45, 2.75) is 50.6 Å². The normalized spacial score (nSPS) is 17.0. The summed E-state index contributed by atoms with van der Waals surface area (Å²) in [5, 5.41) is 5.17. The van der Waals surface area contributed by atoms with Crippen molar-refractivity contribution in [1.82, 2.24) is 4.98 Å². The van der Waals surface area contributed by atoms with E-state index in [0.717, 1.165) is 48.5 Å². The quantitative estimate of drug-likeness (QED) is 0.712. The van der Waals surface area contributed by atoms with E-state index in [1.165, 1.54) is 24.4 Å². The second-order valence-corrected chi connectivity index (χ2v) is 9.08. The maximum atomic E-state index is 12.9. The van der Waals surface area contributed by atoms with Crippen LogP contribution in [0.2, 0.25) is 0 Å². The standard InChI is InChI=1S/C21H23F3N2O2S/c1-3-20(4-2)11-17(14-5-8-16(9-6-14)29(25,27)28)18(12-20)15-7-10-19(26-13-15)21(22,23)24/h5-10,13H,3-4,11-12H2,1-2H3,(H2,25,27,28). The summed E-state index contributed by atoms with van der Waals surface area (Å²) in [4.78, 5) is 3.64. The van der Waals surface area contributed by atoms with E-state index >= 15 is 0 Å². The minimum Gasteiger partial charge on any atom is -0.251 e. The molecular formula is C21H23F3N2O2S. The molecule has 0 aliphatic heterocycles. The number of hydrogen-bond donors (Lipinski definition) is 1. The van der Waals surface area contributed by atoms with Crippen LogP contribution in [0.3, 0.4) is 0 Å². The summed E-state index contributed by atoms with van der Waals surface area (Å²) >= 11 is 0. The summed E-state index contributed by atoms with van der Waals surface area (Å²) in [6, 6.07) is 8.78. The molecule has 0 unspecified atom stereocenters. The van der Waals surface area contributed by atoms with Crippen LogP contribution in [-0.4, -0.2) is 13.4 Å². The Morgan fingerprint density at radius 2 is 1.48 bits per heavy atom. The van der Waals surface area contributed by atoms with Gasteiger partial charge in [-0.05, 0) is 71.6 Å². The number of allylic oxidation sites excluding steroid dienone is 2. The number of nitrogens with zero attached hydrogens (tertiary/aromatic N) is 1. The Kier molecular flexibility index (Phi) is 5.62. The average molecular weight is 424 g/mol. The van der Waals surface area contributed by atoms with E-state index in [1.807, 2.05) is 0 Å². The maximum Gasteiger partial charge on any atom is 0.433 e. The van der Waals surface area contributed by atoms with Crippen LogP contribution in [0.4, 0.5) is 13.2 Å². The SMILES string of the molecule is CCC1(CC)CC(c2ccc(S(N)(=O)=O)cc2)=C(c2ccc(C(F)(F)F)nc2)C1. The number of nitrogens with two attached hydrogens (primary N) is 1. The lowest BCUT2D eigenvalue weighted by Crippen LogP contribution is -2.14. The lowest BCUT2D eigenvalue weighted by Gasteiger charge is -2.26. The highest BCUT2D eigenvalue weighted by molar-refractivity contribution is 7.89. The Labute approximate surface area is 168 Å². The van der Waals surface area contributed by atoms with Crippen LogP contribution in [0.5, 0.6) is 0 Å². The lowest BCUT2D eigenvalue weighted by molar-refractivity contribution is -0.141. The molecule has 1 heterocycles. The second-order valence-electron chi connectivity index (χ2n) is 7.52. The molecule has 3 rings (SSSR count). The Balaban J connectivity index is 2.08. The third-order valence-electron chi connectivity index (χ3n) is 5.90. The van der Waals surface area contributed by atoms with Crippen LogP contribution in [0.1, 0.15) is 56.4 Å². The Hall–Kier alpha value is -2.19. The first kappa shape index (κ1) is 21.5. The first-order chi connectivity index (χ1) is 13.5. The van der Waals surface area contributed by atoms with Gasteiger partial charge in [-0.15, -0.1) is 0 Å². The van der Waals surface area contributed by atoms with Gasteiger partial charge in [-0.25, -0.2) is 13.6 Å². The van der Waals surface area contributed by atoms with E-state index in [0.29, 0.717) is 5.56 Å². The molecule has 1 aliphatic carbocycles. The first-order valence-electron chi connectivity index (χ1n) is 9.38. The van der Waals surface area contributed by atoms with Gasteiger partial charge in [0.05, 0.1) is 4.90 Å². The third-order valence-corrected chi connectivity index (χ3v) is 6.83. The van der Waals surface area contributed by atoms with E-state index in [9.17, 15) is 21.6 Å². The van der Waals surface area contributed by atoms with Crippen LogP contribution in [-0.2, 0) is 16.2 Å². The highest BCUT2D eigenvalue weighted by atomic mass is 32.2. The van der Waals surface area contributed by atoms with Crippen LogP contribution in [0.25, 0.3) is 11.1 Å². The molecule has 0 saturated carbocycles. The molecule has 0 saturated heterocycles. The number of primary sulfonamides is 1. The van der Waals surface area contributed by atoms with Gasteiger partial charge in [0.1, 0.15) is 5.69 Å².